The minimum atomic E-state index is -5.08. The van der Waals surface area contributed by atoms with E-state index in [4.69, 9.17) is 38.2 Å². The van der Waals surface area contributed by atoms with Crippen molar-refractivity contribution in [2.24, 2.45) is 5.92 Å². The van der Waals surface area contributed by atoms with Crippen molar-refractivity contribution in [2.75, 3.05) is 26.7 Å². The van der Waals surface area contributed by atoms with Gasteiger partial charge in [-0.15, -0.1) is 0 Å². The second kappa shape index (κ2) is 11.7. The summed E-state index contributed by atoms with van der Waals surface area (Å²) in [5.41, 5.74) is 0.673. The van der Waals surface area contributed by atoms with Gasteiger partial charge in [-0.25, -0.2) is 4.79 Å². The smallest absolute Gasteiger partial charge is 0.490 e. The maximum absolute atomic E-state index is 11.9. The van der Waals surface area contributed by atoms with Crippen molar-refractivity contribution in [3.05, 3.63) is 27.7 Å². The Balaban J connectivity index is 0.000000592. The highest BCUT2D eigenvalue weighted by molar-refractivity contribution is 6.42. The van der Waals surface area contributed by atoms with Crippen molar-refractivity contribution < 1.29 is 43.2 Å². The minimum Gasteiger partial charge on any atom is -0.508 e. The normalized spacial score (nSPS) is 16.8. The lowest BCUT2D eigenvalue weighted by atomic mass is 9.85. The zero-order valence-electron chi connectivity index (χ0n) is 16.4. The molecule has 2 unspecified atom stereocenters. The van der Waals surface area contributed by atoms with E-state index in [-0.39, 0.29) is 17.7 Å². The van der Waals surface area contributed by atoms with E-state index in [1.807, 2.05) is 0 Å². The van der Waals surface area contributed by atoms with Crippen LogP contribution in [0.4, 0.5) is 13.2 Å². The third-order valence-electron chi connectivity index (χ3n) is 4.74. The molecule has 1 aromatic carbocycles. The van der Waals surface area contributed by atoms with Crippen molar-refractivity contribution in [1.82, 2.24) is 10.2 Å². The number of carboxylic acids is 1. The van der Waals surface area contributed by atoms with Gasteiger partial charge in [-0.3, -0.25) is 4.79 Å². The summed E-state index contributed by atoms with van der Waals surface area (Å²) in [6.07, 6.45) is -5.04. The summed E-state index contributed by atoms with van der Waals surface area (Å²) in [5.74, 6) is -2.94. The van der Waals surface area contributed by atoms with E-state index in [9.17, 15) is 28.2 Å². The number of phenols is 1. The molecule has 13 heteroatoms. The van der Waals surface area contributed by atoms with Crippen molar-refractivity contribution in [3.63, 3.8) is 0 Å². The van der Waals surface area contributed by atoms with E-state index in [1.165, 1.54) is 6.07 Å². The molecule has 1 amide bonds. The van der Waals surface area contributed by atoms with Crippen LogP contribution in [-0.2, 0) is 9.59 Å². The molecule has 2 atom stereocenters. The van der Waals surface area contributed by atoms with Gasteiger partial charge in [0.1, 0.15) is 5.75 Å². The van der Waals surface area contributed by atoms with Crippen LogP contribution in [0.5, 0.6) is 5.75 Å². The van der Waals surface area contributed by atoms with E-state index >= 15 is 0 Å². The highest BCUT2D eigenvalue weighted by atomic mass is 35.5. The number of aliphatic hydroxyl groups excluding tert-OH is 2. The number of phenolic OH excluding ortho intramolecular Hbond substituents is 1. The maximum atomic E-state index is 11.9. The standard InChI is InChI=1S/C16H22Cl2N2O4.C2HF3O2/c1-19-15(10-6-11(17)12(18)7-13(10)22)9-2-4-20(5-3-9)16(24)14(23)8-21;3-2(4,5)1(6)7/h6-7,9,14-15,19,21-23H,2-5,8H2,1H3;(H,6,7). The van der Waals surface area contributed by atoms with Crippen molar-refractivity contribution in [3.8, 4) is 5.75 Å². The molecule has 0 bridgehead atoms. The van der Waals surface area contributed by atoms with Gasteiger partial charge in [0.05, 0.1) is 16.7 Å². The molecule has 5 N–H and O–H groups in total. The molecule has 0 radical (unpaired) electrons. The van der Waals surface area contributed by atoms with Gasteiger partial charge in [0.25, 0.3) is 5.91 Å². The first kappa shape index (κ1) is 27.2. The number of amides is 1. The van der Waals surface area contributed by atoms with E-state index in [1.54, 1.807) is 18.0 Å². The monoisotopic (exact) mass is 490 g/mol. The predicted octanol–water partition coefficient (Wildman–Crippen LogP) is 2.18. The quantitative estimate of drug-likeness (QED) is 0.427. The molecule has 1 heterocycles. The number of benzene rings is 1. The zero-order valence-corrected chi connectivity index (χ0v) is 17.9. The number of nitrogens with one attached hydrogen (secondary N) is 1. The number of alkyl halides is 3. The second-order valence-corrected chi connectivity index (χ2v) is 7.57. The van der Waals surface area contributed by atoms with Crippen LogP contribution in [0.3, 0.4) is 0 Å². The highest BCUT2D eigenvalue weighted by Crippen LogP contribution is 2.38. The number of hydrogen-bond acceptors (Lipinski definition) is 6. The summed E-state index contributed by atoms with van der Waals surface area (Å²) in [6, 6.07) is 2.97. The first-order valence-corrected chi connectivity index (χ1v) is 9.82. The van der Waals surface area contributed by atoms with Crippen molar-refractivity contribution >= 4 is 35.1 Å². The summed E-state index contributed by atoms with van der Waals surface area (Å²) in [4.78, 5) is 22.4. The Morgan fingerprint density at radius 3 is 2.13 bits per heavy atom. The van der Waals surface area contributed by atoms with Crippen LogP contribution in [0.25, 0.3) is 0 Å². The molecular formula is C18H23Cl2F3N2O6. The lowest BCUT2D eigenvalue weighted by Crippen LogP contribution is -2.46. The molecule has 1 aromatic rings. The summed E-state index contributed by atoms with van der Waals surface area (Å²) in [5, 5.41) is 39.5. The average Bonchev–Trinajstić information content (AvgIpc) is 2.71. The van der Waals surface area contributed by atoms with Gasteiger partial charge >= 0.3 is 12.1 Å². The Morgan fingerprint density at radius 1 is 1.23 bits per heavy atom. The highest BCUT2D eigenvalue weighted by Gasteiger charge is 2.38. The Morgan fingerprint density at radius 2 is 1.71 bits per heavy atom. The van der Waals surface area contributed by atoms with Gasteiger partial charge < -0.3 is 30.6 Å². The lowest BCUT2D eigenvalue weighted by Gasteiger charge is -2.37. The fourth-order valence-electron chi connectivity index (χ4n) is 3.19. The van der Waals surface area contributed by atoms with Crippen LogP contribution in [0.1, 0.15) is 24.4 Å². The number of carboxylic acid groups (broad SMARTS) is 1. The fourth-order valence-corrected chi connectivity index (χ4v) is 3.52. The minimum absolute atomic E-state index is 0.0814. The Hall–Kier alpha value is -1.79. The van der Waals surface area contributed by atoms with Crippen molar-refractivity contribution in [1.29, 1.82) is 0 Å². The topological polar surface area (TPSA) is 130 Å². The van der Waals surface area contributed by atoms with E-state index in [0.717, 1.165) is 0 Å². The van der Waals surface area contributed by atoms with Crippen molar-refractivity contribution in [2.45, 2.75) is 31.2 Å². The molecule has 0 aromatic heterocycles. The number of halogens is 5. The number of carbonyl (C=O) groups is 2. The third kappa shape index (κ3) is 7.69. The lowest BCUT2D eigenvalue weighted by molar-refractivity contribution is -0.192. The predicted molar refractivity (Wildman–Crippen MR) is 106 cm³/mol. The number of aliphatic hydroxyl groups is 2. The number of aliphatic carboxylic acids is 1. The molecule has 0 aliphatic carbocycles. The van der Waals surface area contributed by atoms with Gasteiger partial charge in [0, 0.05) is 30.8 Å². The third-order valence-corrected chi connectivity index (χ3v) is 5.46. The first-order valence-electron chi connectivity index (χ1n) is 9.06. The SMILES string of the molecule is CNC(c1cc(Cl)c(Cl)cc1O)C1CCN(C(=O)C(O)CO)CC1.O=C(O)C(F)(F)F. The zero-order chi connectivity index (χ0) is 23.9. The molecule has 1 aliphatic heterocycles. The molecule has 8 nitrogen and oxygen atoms in total. The number of carbonyl (C=O) groups excluding carboxylic acids is 1. The average molecular weight is 491 g/mol. The largest absolute Gasteiger partial charge is 0.508 e. The van der Waals surface area contributed by atoms with Crippen LogP contribution in [0, 0.1) is 5.92 Å². The molecule has 0 spiro atoms. The van der Waals surface area contributed by atoms with Gasteiger partial charge in [0.2, 0.25) is 0 Å². The second-order valence-electron chi connectivity index (χ2n) is 6.76. The van der Waals surface area contributed by atoms with Crippen LogP contribution >= 0.6 is 23.2 Å². The molecule has 31 heavy (non-hydrogen) atoms. The Kier molecular flexibility index (Phi) is 10.3. The number of nitrogens with zero attached hydrogens (tertiary/aromatic N) is 1. The van der Waals surface area contributed by atoms with Gasteiger partial charge in [-0.2, -0.15) is 13.2 Å². The summed E-state index contributed by atoms with van der Waals surface area (Å²) in [6.45, 7) is 0.400. The van der Waals surface area contributed by atoms with Crippen LogP contribution in [0.15, 0.2) is 12.1 Å². The molecule has 176 valence electrons. The Bertz CT molecular complexity index is 773. The maximum Gasteiger partial charge on any atom is 0.490 e. The van der Waals surface area contributed by atoms with Gasteiger partial charge in [-0.1, -0.05) is 23.2 Å². The molecular weight excluding hydrogens is 468 g/mol. The number of rotatable bonds is 5. The number of hydrogen-bond donors (Lipinski definition) is 5. The van der Waals surface area contributed by atoms with E-state index in [0.29, 0.717) is 41.5 Å². The first-order chi connectivity index (χ1) is 14.3. The number of piperidine rings is 1. The molecule has 1 aliphatic rings. The van der Waals surface area contributed by atoms with Gasteiger partial charge in [0.15, 0.2) is 6.10 Å². The molecule has 1 saturated heterocycles. The summed E-state index contributed by atoms with van der Waals surface area (Å²) in [7, 11) is 1.81. The molecule has 2 rings (SSSR count). The molecule has 1 fully saturated rings. The fraction of sp³-hybridized carbons (Fsp3) is 0.556. The van der Waals surface area contributed by atoms with Gasteiger partial charge in [-0.05, 0) is 31.9 Å². The summed E-state index contributed by atoms with van der Waals surface area (Å²) >= 11 is 12.0. The Labute approximate surface area is 186 Å². The van der Waals surface area contributed by atoms with Crippen LogP contribution in [-0.4, -0.2) is 76.2 Å². The van der Waals surface area contributed by atoms with Crippen LogP contribution in [0.2, 0.25) is 10.0 Å². The number of likely N-dealkylation sites (tertiary alicyclic amines) is 1. The number of aromatic hydroxyl groups is 1. The van der Waals surface area contributed by atoms with E-state index < -0.39 is 30.8 Å². The summed E-state index contributed by atoms with van der Waals surface area (Å²) < 4.78 is 31.7. The van der Waals surface area contributed by atoms with E-state index in [2.05, 4.69) is 5.32 Å². The molecule has 0 saturated carbocycles. The van der Waals surface area contributed by atoms with Crippen LogP contribution < -0.4 is 5.32 Å².